The summed E-state index contributed by atoms with van der Waals surface area (Å²) in [6.45, 7) is 12.5. The van der Waals surface area contributed by atoms with Crippen LogP contribution >= 0.6 is 0 Å². The van der Waals surface area contributed by atoms with Gasteiger partial charge in [0.15, 0.2) is 11.9 Å². The first-order valence-electron chi connectivity index (χ1n) is 9.13. The average molecular weight is 351 g/mol. The summed E-state index contributed by atoms with van der Waals surface area (Å²) in [5.41, 5.74) is 2.93. The van der Waals surface area contributed by atoms with Crippen molar-refractivity contribution in [1.82, 2.24) is 0 Å². The molecule has 124 valence electrons. The van der Waals surface area contributed by atoms with Crippen molar-refractivity contribution >= 4 is 48.1 Å². The number of hydrogen-bond donors (Lipinski definition) is 0. The third kappa shape index (κ3) is 2.21. The second-order valence-corrected chi connectivity index (χ2v) is 18.9. The number of fused-ring (bicyclic) bond motifs is 3. The Balaban J connectivity index is 2.08. The monoisotopic (exact) mass is 350 g/mol. The SMILES string of the molecule is CCc1c2cc3cc4c(cc3cc2cc[n+]1C)[Si](C)(C)C[Si]4(C)C. The summed E-state index contributed by atoms with van der Waals surface area (Å²) >= 11 is 0. The van der Waals surface area contributed by atoms with Gasteiger partial charge in [0, 0.05) is 17.9 Å². The zero-order valence-electron chi connectivity index (χ0n) is 15.8. The van der Waals surface area contributed by atoms with Gasteiger partial charge in [-0.3, -0.25) is 0 Å². The zero-order chi connectivity index (χ0) is 17.3. The fraction of sp³-hybridized carbons (Fsp3) is 0.381. The number of nitrogens with zero attached hydrogens (tertiary/aromatic N) is 1. The van der Waals surface area contributed by atoms with Gasteiger partial charge in [-0.2, -0.15) is 0 Å². The molecule has 0 amide bonds. The van der Waals surface area contributed by atoms with Crippen molar-refractivity contribution in [3.63, 3.8) is 0 Å². The largest absolute Gasteiger partial charge is 0.205 e. The van der Waals surface area contributed by atoms with E-state index in [-0.39, 0.29) is 0 Å². The Morgan fingerprint density at radius 1 is 0.875 bits per heavy atom. The number of hydrogen-bond acceptors (Lipinski definition) is 0. The standard InChI is InChI=1S/C21H28NSi2/c1-7-19-18-11-17-13-21-20(23(3,4)14-24(21,5)6)12-16(17)10-15(18)8-9-22(19)2/h8-13H,7,14H2,1-6H3/q+1. The molecule has 0 N–H and O–H groups in total. The van der Waals surface area contributed by atoms with Crippen LogP contribution in [0.1, 0.15) is 12.6 Å². The summed E-state index contributed by atoms with van der Waals surface area (Å²) in [6, 6.07) is 12.2. The molecular weight excluding hydrogens is 322 g/mol. The van der Waals surface area contributed by atoms with Crippen molar-refractivity contribution in [1.29, 1.82) is 0 Å². The quantitative estimate of drug-likeness (QED) is 0.357. The van der Waals surface area contributed by atoms with E-state index in [1.807, 2.05) is 0 Å². The van der Waals surface area contributed by atoms with Crippen molar-refractivity contribution in [3.05, 3.63) is 42.2 Å². The van der Waals surface area contributed by atoms with Gasteiger partial charge in [-0.25, -0.2) is 4.57 Å². The highest BCUT2D eigenvalue weighted by atomic mass is 28.4. The fourth-order valence-electron chi connectivity index (χ4n) is 5.08. The number of aryl methyl sites for hydroxylation is 2. The molecule has 0 atom stereocenters. The summed E-state index contributed by atoms with van der Waals surface area (Å²) < 4.78 is 2.27. The van der Waals surface area contributed by atoms with Crippen molar-refractivity contribution in [3.8, 4) is 0 Å². The first-order chi connectivity index (χ1) is 11.2. The molecule has 0 radical (unpaired) electrons. The smallest absolute Gasteiger partial charge is 0.188 e. The van der Waals surface area contributed by atoms with E-state index in [0.717, 1.165) is 6.42 Å². The van der Waals surface area contributed by atoms with Crippen LogP contribution in [-0.2, 0) is 13.5 Å². The Kier molecular flexibility index (Phi) is 3.36. The number of rotatable bonds is 1. The summed E-state index contributed by atoms with van der Waals surface area (Å²) in [6.07, 6.45) is 3.28. The van der Waals surface area contributed by atoms with Gasteiger partial charge in [0.2, 0.25) is 0 Å². The summed E-state index contributed by atoms with van der Waals surface area (Å²) in [4.78, 5) is 0. The van der Waals surface area contributed by atoms with Crippen LogP contribution in [0.4, 0.5) is 0 Å². The van der Waals surface area contributed by atoms with Crippen molar-refractivity contribution in [2.24, 2.45) is 7.05 Å². The second kappa shape index (κ2) is 5.02. The van der Waals surface area contributed by atoms with Gasteiger partial charge >= 0.3 is 0 Å². The molecule has 1 aromatic heterocycles. The third-order valence-corrected chi connectivity index (χ3v) is 17.1. The molecule has 0 aliphatic carbocycles. The molecule has 0 bridgehead atoms. The predicted molar refractivity (Wildman–Crippen MR) is 111 cm³/mol. The molecule has 0 unspecified atom stereocenters. The van der Waals surface area contributed by atoms with Crippen LogP contribution in [-0.4, -0.2) is 16.1 Å². The maximum atomic E-state index is 2.57. The molecule has 3 aromatic rings. The second-order valence-electron chi connectivity index (χ2n) is 8.86. The van der Waals surface area contributed by atoms with Crippen molar-refractivity contribution in [2.45, 2.75) is 45.2 Å². The van der Waals surface area contributed by atoms with Gasteiger partial charge in [-0.1, -0.05) is 61.3 Å². The molecule has 0 saturated heterocycles. The molecule has 1 aliphatic heterocycles. The minimum Gasteiger partial charge on any atom is -0.205 e. The lowest BCUT2D eigenvalue weighted by molar-refractivity contribution is -0.677. The van der Waals surface area contributed by atoms with Gasteiger partial charge in [0.05, 0.1) is 16.1 Å². The van der Waals surface area contributed by atoms with Gasteiger partial charge in [-0.15, -0.1) is 0 Å². The van der Waals surface area contributed by atoms with Crippen LogP contribution in [0.3, 0.4) is 0 Å². The Morgan fingerprint density at radius 2 is 1.46 bits per heavy atom. The van der Waals surface area contributed by atoms with E-state index in [4.69, 9.17) is 0 Å². The van der Waals surface area contributed by atoms with E-state index in [0.29, 0.717) is 0 Å². The van der Waals surface area contributed by atoms with E-state index in [9.17, 15) is 0 Å². The molecule has 1 nitrogen and oxygen atoms in total. The molecule has 0 saturated carbocycles. The normalized spacial score (nSPS) is 18.2. The lowest BCUT2D eigenvalue weighted by Gasteiger charge is -2.19. The van der Waals surface area contributed by atoms with E-state index in [2.05, 4.69) is 81.3 Å². The lowest BCUT2D eigenvalue weighted by Crippen LogP contribution is -2.43. The minimum atomic E-state index is -1.26. The number of benzene rings is 2. The van der Waals surface area contributed by atoms with Crippen LogP contribution in [0.15, 0.2) is 36.5 Å². The molecular formula is C21H28NSi2+. The first kappa shape index (κ1) is 16.0. The van der Waals surface area contributed by atoms with E-state index < -0.39 is 16.1 Å². The van der Waals surface area contributed by atoms with Crippen LogP contribution < -0.4 is 14.9 Å². The highest BCUT2D eigenvalue weighted by Gasteiger charge is 2.44. The zero-order valence-corrected chi connectivity index (χ0v) is 17.8. The Bertz CT molecular complexity index is 986. The maximum Gasteiger partial charge on any atom is 0.188 e. The van der Waals surface area contributed by atoms with Crippen molar-refractivity contribution < 1.29 is 4.57 Å². The molecule has 0 fully saturated rings. The van der Waals surface area contributed by atoms with Crippen LogP contribution in [0, 0.1) is 0 Å². The maximum absolute atomic E-state index is 2.57. The third-order valence-electron chi connectivity index (χ3n) is 6.04. The average Bonchev–Trinajstić information content (AvgIpc) is 2.68. The highest BCUT2D eigenvalue weighted by Crippen LogP contribution is 2.30. The molecule has 2 heterocycles. The minimum absolute atomic E-state index is 1.07. The topological polar surface area (TPSA) is 3.88 Å². The number of aromatic nitrogens is 1. The van der Waals surface area contributed by atoms with Crippen LogP contribution in [0.25, 0.3) is 21.5 Å². The van der Waals surface area contributed by atoms with E-state index in [1.54, 1.807) is 10.4 Å². The van der Waals surface area contributed by atoms with E-state index in [1.165, 1.54) is 32.9 Å². The Hall–Kier alpha value is -1.46. The Labute approximate surface area is 147 Å². The van der Waals surface area contributed by atoms with E-state index >= 15 is 0 Å². The van der Waals surface area contributed by atoms with Gasteiger partial charge in [0.25, 0.3) is 0 Å². The molecule has 1 aliphatic rings. The molecule has 2 aromatic carbocycles. The van der Waals surface area contributed by atoms with Gasteiger partial charge in [-0.05, 0) is 28.3 Å². The van der Waals surface area contributed by atoms with Crippen molar-refractivity contribution in [2.75, 3.05) is 0 Å². The molecule has 3 heteroatoms. The lowest BCUT2D eigenvalue weighted by atomic mass is 10.0. The fourth-order valence-corrected chi connectivity index (χ4v) is 20.2. The number of pyridine rings is 1. The molecule has 24 heavy (non-hydrogen) atoms. The predicted octanol–water partition coefficient (Wildman–Crippen LogP) is 3.76. The Morgan fingerprint density at radius 3 is 2.04 bits per heavy atom. The van der Waals surface area contributed by atoms with Gasteiger partial charge < -0.3 is 0 Å². The van der Waals surface area contributed by atoms with Crippen LogP contribution in [0.2, 0.25) is 31.9 Å². The summed E-state index contributed by atoms with van der Waals surface area (Å²) in [5.74, 6) is 0. The molecule has 4 rings (SSSR count). The molecule has 0 spiro atoms. The summed E-state index contributed by atoms with van der Waals surface area (Å²) in [7, 11) is -0.345. The summed E-state index contributed by atoms with van der Waals surface area (Å²) in [5, 5.41) is 9.15. The van der Waals surface area contributed by atoms with Crippen LogP contribution in [0.5, 0.6) is 0 Å². The van der Waals surface area contributed by atoms with Gasteiger partial charge in [0.1, 0.15) is 7.05 Å². The first-order valence-corrected chi connectivity index (χ1v) is 15.5. The highest BCUT2D eigenvalue weighted by molar-refractivity contribution is 7.14.